The average molecular weight is 422 g/mol. The van der Waals surface area contributed by atoms with Crippen LogP contribution in [-0.4, -0.2) is 62.3 Å². The Labute approximate surface area is 176 Å². The predicted octanol–water partition coefficient (Wildman–Crippen LogP) is 2.89. The van der Waals surface area contributed by atoms with E-state index in [2.05, 4.69) is 44.6 Å². The molecule has 1 saturated heterocycles. The molecule has 1 atom stereocenters. The Kier molecular flexibility index (Phi) is 8.09. The fraction of sp³-hybridized carbons (Fsp3) is 0.500. The number of halogens is 1. The SMILES string of the molecule is CN=C(NCCc1ncc(C)s1)NCC(c1ccc(Cl)cc1)N1CCOCC1. The lowest BCUT2D eigenvalue weighted by molar-refractivity contribution is 0.0170. The van der Waals surface area contributed by atoms with Crippen molar-refractivity contribution in [2.75, 3.05) is 46.4 Å². The van der Waals surface area contributed by atoms with E-state index >= 15 is 0 Å². The summed E-state index contributed by atoms with van der Waals surface area (Å²) in [6, 6.07) is 8.35. The number of hydrogen-bond donors (Lipinski definition) is 2. The highest BCUT2D eigenvalue weighted by atomic mass is 35.5. The Morgan fingerprint density at radius 2 is 2.04 bits per heavy atom. The minimum absolute atomic E-state index is 0.237. The average Bonchev–Trinajstić information content (AvgIpc) is 3.14. The van der Waals surface area contributed by atoms with Gasteiger partial charge < -0.3 is 15.4 Å². The molecular formula is C20H28ClN5OS. The smallest absolute Gasteiger partial charge is 0.191 e. The highest BCUT2D eigenvalue weighted by Crippen LogP contribution is 2.23. The van der Waals surface area contributed by atoms with Crippen LogP contribution in [0.5, 0.6) is 0 Å². The topological polar surface area (TPSA) is 61.8 Å². The van der Waals surface area contributed by atoms with Gasteiger partial charge in [0.15, 0.2) is 5.96 Å². The number of thiazole rings is 1. The summed E-state index contributed by atoms with van der Waals surface area (Å²) in [6.45, 7) is 7.02. The van der Waals surface area contributed by atoms with Gasteiger partial charge in [-0.2, -0.15) is 0 Å². The fourth-order valence-corrected chi connectivity index (χ4v) is 4.16. The van der Waals surface area contributed by atoms with Crippen molar-refractivity contribution in [3.63, 3.8) is 0 Å². The molecule has 1 aliphatic heterocycles. The summed E-state index contributed by atoms with van der Waals surface area (Å²) < 4.78 is 5.52. The normalized spacial score (nSPS) is 16.8. The van der Waals surface area contributed by atoms with Crippen LogP contribution in [0.3, 0.4) is 0 Å². The van der Waals surface area contributed by atoms with Crippen molar-refractivity contribution in [1.29, 1.82) is 0 Å². The fourth-order valence-electron chi connectivity index (χ4n) is 3.25. The number of morpholine rings is 1. The lowest BCUT2D eigenvalue weighted by atomic mass is 10.0. The van der Waals surface area contributed by atoms with Crippen LogP contribution in [0.4, 0.5) is 0 Å². The number of aliphatic imine (C=N–C) groups is 1. The van der Waals surface area contributed by atoms with E-state index in [0.717, 1.165) is 61.8 Å². The molecule has 1 aromatic heterocycles. The van der Waals surface area contributed by atoms with Gasteiger partial charge >= 0.3 is 0 Å². The second kappa shape index (κ2) is 10.8. The quantitative estimate of drug-likeness (QED) is 0.531. The van der Waals surface area contributed by atoms with E-state index in [1.165, 1.54) is 10.4 Å². The first kappa shape index (κ1) is 21.0. The highest BCUT2D eigenvalue weighted by molar-refractivity contribution is 7.11. The van der Waals surface area contributed by atoms with E-state index in [0.29, 0.717) is 0 Å². The van der Waals surface area contributed by atoms with Gasteiger partial charge in [-0.25, -0.2) is 4.98 Å². The Morgan fingerprint density at radius 3 is 2.68 bits per heavy atom. The van der Waals surface area contributed by atoms with Gasteiger partial charge in [-0.05, 0) is 24.6 Å². The number of benzene rings is 1. The molecule has 0 aliphatic carbocycles. The number of aromatic nitrogens is 1. The molecule has 2 heterocycles. The maximum atomic E-state index is 6.08. The standard InChI is InChI=1S/C20H28ClN5OS/c1-15-13-24-19(28-15)7-8-23-20(22-2)25-14-18(26-9-11-27-12-10-26)16-3-5-17(21)6-4-16/h3-6,13,18H,7-12,14H2,1-2H3,(H2,22,23,25). The molecule has 2 aromatic rings. The van der Waals surface area contributed by atoms with Crippen molar-refractivity contribution in [3.05, 3.63) is 50.9 Å². The Hall–Kier alpha value is -1.67. The number of rotatable bonds is 7. The van der Waals surface area contributed by atoms with Crippen LogP contribution in [0.1, 0.15) is 21.5 Å². The first-order valence-corrected chi connectivity index (χ1v) is 10.8. The van der Waals surface area contributed by atoms with Crippen LogP contribution in [0.2, 0.25) is 5.02 Å². The number of nitrogens with zero attached hydrogens (tertiary/aromatic N) is 3. The van der Waals surface area contributed by atoms with E-state index < -0.39 is 0 Å². The van der Waals surface area contributed by atoms with E-state index in [-0.39, 0.29) is 6.04 Å². The molecular weight excluding hydrogens is 394 g/mol. The first-order chi connectivity index (χ1) is 13.7. The maximum absolute atomic E-state index is 6.08. The van der Waals surface area contributed by atoms with Crippen LogP contribution in [0.15, 0.2) is 35.5 Å². The number of hydrogen-bond acceptors (Lipinski definition) is 5. The van der Waals surface area contributed by atoms with E-state index in [4.69, 9.17) is 16.3 Å². The van der Waals surface area contributed by atoms with E-state index in [1.54, 1.807) is 18.4 Å². The zero-order valence-corrected chi connectivity index (χ0v) is 18.0. The van der Waals surface area contributed by atoms with Crippen molar-refractivity contribution in [1.82, 2.24) is 20.5 Å². The highest BCUT2D eigenvalue weighted by Gasteiger charge is 2.22. The summed E-state index contributed by atoms with van der Waals surface area (Å²) in [6.07, 6.45) is 2.81. The predicted molar refractivity (Wildman–Crippen MR) is 117 cm³/mol. The minimum atomic E-state index is 0.237. The van der Waals surface area contributed by atoms with Crippen LogP contribution in [0.25, 0.3) is 0 Å². The third-order valence-electron chi connectivity index (χ3n) is 4.73. The third-order valence-corrected chi connectivity index (χ3v) is 5.95. The molecule has 2 N–H and O–H groups in total. The Morgan fingerprint density at radius 1 is 1.29 bits per heavy atom. The van der Waals surface area contributed by atoms with Crippen molar-refractivity contribution >= 4 is 28.9 Å². The molecule has 0 amide bonds. The molecule has 0 spiro atoms. The van der Waals surface area contributed by atoms with Gasteiger partial charge in [0.1, 0.15) is 0 Å². The summed E-state index contributed by atoms with van der Waals surface area (Å²) >= 11 is 7.82. The van der Waals surface area contributed by atoms with Gasteiger partial charge in [0.2, 0.25) is 0 Å². The summed E-state index contributed by atoms with van der Waals surface area (Å²) in [4.78, 5) is 12.5. The lowest BCUT2D eigenvalue weighted by Crippen LogP contribution is -2.46. The molecule has 8 heteroatoms. The third kappa shape index (κ3) is 6.17. The molecule has 0 radical (unpaired) electrons. The molecule has 3 rings (SSSR count). The monoisotopic (exact) mass is 421 g/mol. The zero-order chi connectivity index (χ0) is 19.8. The van der Waals surface area contributed by atoms with Gasteiger partial charge in [-0.15, -0.1) is 11.3 Å². The molecule has 152 valence electrons. The lowest BCUT2D eigenvalue weighted by Gasteiger charge is -2.35. The number of aryl methyl sites for hydroxylation is 1. The van der Waals surface area contributed by atoms with Gasteiger partial charge in [0, 0.05) is 55.7 Å². The van der Waals surface area contributed by atoms with Crippen molar-refractivity contribution in [2.45, 2.75) is 19.4 Å². The largest absolute Gasteiger partial charge is 0.379 e. The second-order valence-electron chi connectivity index (χ2n) is 6.71. The van der Waals surface area contributed by atoms with Gasteiger partial charge in [-0.3, -0.25) is 9.89 Å². The second-order valence-corrected chi connectivity index (χ2v) is 8.47. The van der Waals surface area contributed by atoms with Crippen LogP contribution in [0, 0.1) is 6.92 Å². The van der Waals surface area contributed by atoms with Gasteiger partial charge in [0.25, 0.3) is 0 Å². The Bertz CT molecular complexity index is 758. The van der Waals surface area contributed by atoms with Gasteiger partial charge in [-0.1, -0.05) is 23.7 Å². The van der Waals surface area contributed by atoms with E-state index in [1.807, 2.05) is 18.3 Å². The molecule has 1 fully saturated rings. The van der Waals surface area contributed by atoms with Crippen molar-refractivity contribution in [2.24, 2.45) is 4.99 Å². The van der Waals surface area contributed by atoms with Crippen LogP contribution < -0.4 is 10.6 Å². The summed E-state index contributed by atoms with van der Waals surface area (Å²) in [7, 11) is 1.80. The molecule has 0 saturated carbocycles. The molecule has 0 bridgehead atoms. The zero-order valence-electron chi connectivity index (χ0n) is 16.4. The molecule has 1 aliphatic rings. The molecule has 28 heavy (non-hydrogen) atoms. The summed E-state index contributed by atoms with van der Waals surface area (Å²) in [5.41, 5.74) is 1.24. The summed E-state index contributed by atoms with van der Waals surface area (Å²) in [5, 5.41) is 8.77. The van der Waals surface area contributed by atoms with Crippen molar-refractivity contribution < 1.29 is 4.74 Å². The molecule has 6 nitrogen and oxygen atoms in total. The minimum Gasteiger partial charge on any atom is -0.379 e. The van der Waals surface area contributed by atoms with Crippen LogP contribution in [-0.2, 0) is 11.2 Å². The summed E-state index contributed by atoms with van der Waals surface area (Å²) in [5.74, 6) is 0.806. The number of nitrogens with one attached hydrogen (secondary N) is 2. The molecule has 1 unspecified atom stereocenters. The maximum Gasteiger partial charge on any atom is 0.191 e. The van der Waals surface area contributed by atoms with E-state index in [9.17, 15) is 0 Å². The number of guanidine groups is 1. The number of ether oxygens (including phenoxy) is 1. The van der Waals surface area contributed by atoms with Crippen LogP contribution >= 0.6 is 22.9 Å². The first-order valence-electron chi connectivity index (χ1n) is 9.59. The van der Waals surface area contributed by atoms with Crippen molar-refractivity contribution in [3.8, 4) is 0 Å². The Balaban J connectivity index is 1.56. The molecule has 1 aromatic carbocycles. The van der Waals surface area contributed by atoms with Gasteiger partial charge in [0.05, 0.1) is 24.3 Å².